The van der Waals surface area contributed by atoms with Crippen LogP contribution in [-0.4, -0.2) is 20.4 Å². The second kappa shape index (κ2) is 2.19. The Hall–Kier alpha value is -0.480. The van der Waals surface area contributed by atoms with Crippen LogP contribution in [0.15, 0.2) is 0 Å². The highest BCUT2D eigenvalue weighted by atomic mass is 35.5. The van der Waals surface area contributed by atoms with Crippen LogP contribution >= 0.6 is 23.2 Å². The monoisotopic (exact) mass is 150 g/mol. The molecule has 0 amide bonds. The molecule has 0 atom stereocenters. The molecule has 0 aliphatic carbocycles. The summed E-state index contributed by atoms with van der Waals surface area (Å²) in [4.78, 5) is 0. The van der Waals surface area contributed by atoms with E-state index in [0.29, 0.717) is 0 Å². The molecule has 0 aromatic carbocycles. The van der Waals surface area contributed by atoms with Crippen LogP contribution in [0.4, 0.5) is 0 Å². The van der Waals surface area contributed by atoms with Gasteiger partial charge in [-0.2, -0.15) is 0 Å². The summed E-state index contributed by atoms with van der Waals surface area (Å²) in [6.45, 7) is 0. The van der Waals surface area contributed by atoms with Gasteiger partial charge in [0.2, 0.25) is 0 Å². The van der Waals surface area contributed by atoms with Gasteiger partial charge in [0.05, 0.1) is 0 Å². The van der Waals surface area contributed by atoms with E-state index < -0.39 is 0 Å². The minimum Gasteiger partial charge on any atom is -0.113 e. The molecule has 1 aromatic heterocycles. The third-order valence-electron chi connectivity index (χ3n) is 0.430. The first-order valence-electron chi connectivity index (χ1n) is 1.67. The van der Waals surface area contributed by atoms with Gasteiger partial charge in [0.1, 0.15) is 0 Å². The minimum absolute atomic E-state index is 0.00519. The predicted octanol–water partition coefficient (Wildman–Crippen LogP) is 0.573. The van der Waals surface area contributed by atoms with E-state index in [9.17, 15) is 0 Å². The maximum atomic E-state index is 5.21. The molecule has 0 saturated carbocycles. The molecule has 0 saturated heterocycles. The van der Waals surface area contributed by atoms with Gasteiger partial charge >= 0.3 is 0 Å². The van der Waals surface area contributed by atoms with E-state index in [4.69, 9.17) is 23.2 Å². The number of hydrogen-bond acceptors (Lipinski definition) is 4. The van der Waals surface area contributed by atoms with Crippen LogP contribution in [0.3, 0.4) is 0 Å². The molecule has 0 spiro atoms. The molecule has 0 N–H and O–H groups in total. The van der Waals surface area contributed by atoms with Crippen molar-refractivity contribution in [3.05, 3.63) is 10.6 Å². The Morgan fingerprint density at radius 2 is 1.00 bits per heavy atom. The lowest BCUT2D eigenvalue weighted by Gasteiger charge is -1.81. The molecule has 0 fully saturated rings. The number of aromatic nitrogens is 4. The van der Waals surface area contributed by atoms with Gasteiger partial charge in [-0.1, -0.05) is 0 Å². The summed E-state index contributed by atoms with van der Waals surface area (Å²) in [5, 5.41) is 13.1. The lowest BCUT2D eigenvalue weighted by atomic mass is 11.3. The summed E-state index contributed by atoms with van der Waals surface area (Å²) in [5.74, 6) is 0. The topological polar surface area (TPSA) is 51.6 Å². The van der Waals surface area contributed by atoms with Crippen molar-refractivity contribution < 1.29 is 0 Å². The van der Waals surface area contributed by atoms with Gasteiger partial charge in [-0.3, -0.25) is 0 Å². The van der Waals surface area contributed by atoms with Gasteiger partial charge in [0.15, 0.2) is 0 Å². The van der Waals surface area contributed by atoms with Gasteiger partial charge in [-0.25, -0.2) is 0 Å². The average Bonchev–Trinajstić information content (AvgIpc) is 1.77. The van der Waals surface area contributed by atoms with Crippen LogP contribution < -0.4 is 0 Å². The molecule has 42 valence electrons. The van der Waals surface area contributed by atoms with E-state index in [1.807, 2.05) is 0 Å². The normalized spacial score (nSPS) is 9.25. The maximum Gasteiger partial charge on any atom is 0.263 e. The largest absolute Gasteiger partial charge is 0.263 e. The molecule has 8 heavy (non-hydrogen) atoms. The summed E-state index contributed by atoms with van der Waals surface area (Å²) >= 11 is 10.4. The van der Waals surface area contributed by atoms with Crippen molar-refractivity contribution in [2.75, 3.05) is 0 Å². The molecule has 4 nitrogen and oxygen atoms in total. The predicted molar refractivity (Wildman–Crippen MR) is 27.6 cm³/mol. The summed E-state index contributed by atoms with van der Waals surface area (Å²) in [7, 11) is 0. The van der Waals surface area contributed by atoms with E-state index in [0.717, 1.165) is 0 Å². The van der Waals surface area contributed by atoms with Crippen LogP contribution in [0.5, 0.6) is 0 Å². The van der Waals surface area contributed by atoms with Crippen molar-refractivity contribution in [1.29, 1.82) is 0 Å². The van der Waals surface area contributed by atoms with Crippen LogP contribution in [0, 0.1) is 0 Å². The third kappa shape index (κ3) is 1.24. The fraction of sp³-hybridized carbons (Fsp3) is 0. The van der Waals surface area contributed by atoms with E-state index in [2.05, 4.69) is 20.4 Å². The molecule has 0 bridgehead atoms. The van der Waals surface area contributed by atoms with Gasteiger partial charge < -0.3 is 0 Å². The zero-order chi connectivity index (χ0) is 5.98. The van der Waals surface area contributed by atoms with Crippen LogP contribution in [0.2, 0.25) is 10.6 Å². The molecular formula is C2Cl2N4. The summed E-state index contributed by atoms with van der Waals surface area (Å²) in [6.07, 6.45) is 0. The summed E-state index contributed by atoms with van der Waals surface area (Å²) < 4.78 is 0. The Kier molecular flexibility index (Phi) is 1.55. The highest BCUT2D eigenvalue weighted by Gasteiger charge is 1.90. The molecule has 1 aromatic rings. The maximum absolute atomic E-state index is 5.21. The van der Waals surface area contributed by atoms with Crippen LogP contribution in [0.1, 0.15) is 0 Å². The van der Waals surface area contributed by atoms with Crippen molar-refractivity contribution in [1.82, 2.24) is 20.4 Å². The first kappa shape index (κ1) is 5.65. The molecule has 0 radical (unpaired) electrons. The average molecular weight is 151 g/mol. The molecule has 0 aliphatic rings. The molecule has 0 aliphatic heterocycles. The number of nitrogens with zero attached hydrogens (tertiary/aromatic N) is 4. The lowest BCUT2D eigenvalue weighted by Crippen LogP contribution is -1.90. The minimum atomic E-state index is -0.00519. The molecule has 6 heteroatoms. The number of hydrogen-bond donors (Lipinski definition) is 0. The smallest absolute Gasteiger partial charge is 0.113 e. The van der Waals surface area contributed by atoms with Crippen molar-refractivity contribution >= 4 is 23.2 Å². The first-order valence-corrected chi connectivity index (χ1v) is 2.43. The highest BCUT2D eigenvalue weighted by Crippen LogP contribution is 1.96. The second-order valence-corrected chi connectivity index (χ2v) is 1.61. The quantitative estimate of drug-likeness (QED) is 0.543. The van der Waals surface area contributed by atoms with E-state index in [1.54, 1.807) is 0 Å². The standard InChI is InChI=1S/C2Cl2N4/c3-1-5-7-2(4)8-6-1. The number of halogens is 2. The van der Waals surface area contributed by atoms with E-state index in [1.165, 1.54) is 0 Å². The van der Waals surface area contributed by atoms with E-state index >= 15 is 0 Å². The highest BCUT2D eigenvalue weighted by molar-refractivity contribution is 6.29. The van der Waals surface area contributed by atoms with Gasteiger partial charge in [0.25, 0.3) is 10.6 Å². The summed E-state index contributed by atoms with van der Waals surface area (Å²) in [5.41, 5.74) is 0. The molecule has 1 heterocycles. The van der Waals surface area contributed by atoms with Gasteiger partial charge in [0, 0.05) is 0 Å². The second-order valence-electron chi connectivity index (χ2n) is 0.938. The Morgan fingerprint density at radius 3 is 1.25 bits per heavy atom. The first-order chi connectivity index (χ1) is 3.79. The van der Waals surface area contributed by atoms with Gasteiger partial charge in [-0.05, 0) is 23.2 Å². The van der Waals surface area contributed by atoms with Crippen molar-refractivity contribution in [2.24, 2.45) is 0 Å². The Bertz CT molecular complexity index is 151. The fourth-order valence-electron chi connectivity index (χ4n) is 0.205. The zero-order valence-electron chi connectivity index (χ0n) is 3.54. The Morgan fingerprint density at radius 1 is 0.750 bits per heavy atom. The van der Waals surface area contributed by atoms with Crippen molar-refractivity contribution in [2.45, 2.75) is 0 Å². The van der Waals surface area contributed by atoms with Gasteiger partial charge in [-0.15, -0.1) is 20.4 Å². The molecule has 0 unspecified atom stereocenters. The van der Waals surface area contributed by atoms with Crippen molar-refractivity contribution in [3.63, 3.8) is 0 Å². The zero-order valence-corrected chi connectivity index (χ0v) is 5.06. The molecule has 1 rings (SSSR count). The van der Waals surface area contributed by atoms with E-state index in [-0.39, 0.29) is 10.6 Å². The third-order valence-corrected chi connectivity index (χ3v) is 0.732. The SMILES string of the molecule is Clc1nnc(Cl)nn1. The van der Waals surface area contributed by atoms with Crippen LogP contribution in [-0.2, 0) is 0 Å². The van der Waals surface area contributed by atoms with Crippen LogP contribution in [0.25, 0.3) is 0 Å². The number of rotatable bonds is 0. The Balaban J connectivity index is 3.03. The Labute approximate surface area is 54.9 Å². The molecular weight excluding hydrogens is 151 g/mol. The lowest BCUT2D eigenvalue weighted by molar-refractivity contribution is 0.855. The summed E-state index contributed by atoms with van der Waals surface area (Å²) in [6, 6.07) is 0. The fourth-order valence-corrected chi connectivity index (χ4v) is 0.356. The van der Waals surface area contributed by atoms with Crippen molar-refractivity contribution in [3.8, 4) is 0 Å².